The Hall–Kier alpha value is -4.07. The topological polar surface area (TPSA) is 126 Å². The monoisotopic (exact) mass is 479 g/mol. The Labute approximate surface area is 191 Å². The van der Waals surface area contributed by atoms with Crippen LogP contribution in [0.15, 0.2) is 53.7 Å². The van der Waals surface area contributed by atoms with Crippen molar-refractivity contribution in [2.75, 3.05) is 12.4 Å². The quantitative estimate of drug-likeness (QED) is 0.297. The number of carbonyl (C=O) groups excluding carboxylic acids is 1. The molecule has 180 valence electrons. The maximum atomic E-state index is 13.0. The first kappa shape index (κ1) is 24.6. The summed E-state index contributed by atoms with van der Waals surface area (Å²) in [5, 5.41) is 17.6. The molecule has 1 unspecified atom stereocenters. The van der Waals surface area contributed by atoms with Crippen molar-refractivity contribution in [3.05, 3.63) is 65.6 Å². The number of methoxy groups -OCH3 is 1. The highest BCUT2D eigenvalue weighted by Gasteiger charge is 2.56. The van der Waals surface area contributed by atoms with Crippen molar-refractivity contribution in [1.82, 2.24) is 25.2 Å². The Bertz CT molecular complexity index is 1150. The SMILES string of the molecule is COC(C)(OC(=O)Nc1cccc(CO/N=C(/c2ccccc2)c2nnnn2C)n1)C(F)(F)F. The number of nitrogens with one attached hydrogen (secondary N) is 1. The maximum absolute atomic E-state index is 13.0. The smallest absolute Gasteiger partial charge is 0.407 e. The zero-order chi connectivity index (χ0) is 24.8. The third-order valence-corrected chi connectivity index (χ3v) is 4.48. The van der Waals surface area contributed by atoms with Gasteiger partial charge in [-0.15, -0.1) is 5.10 Å². The molecule has 3 aromatic rings. The van der Waals surface area contributed by atoms with Crippen molar-refractivity contribution in [3.63, 3.8) is 0 Å². The predicted molar refractivity (Wildman–Crippen MR) is 111 cm³/mol. The second kappa shape index (κ2) is 10.2. The normalized spacial score (nSPS) is 13.8. The zero-order valence-electron chi connectivity index (χ0n) is 18.3. The van der Waals surface area contributed by atoms with E-state index in [0.717, 1.165) is 7.11 Å². The van der Waals surface area contributed by atoms with E-state index in [1.165, 1.54) is 16.8 Å². The Balaban J connectivity index is 1.70. The van der Waals surface area contributed by atoms with Crippen LogP contribution in [0.3, 0.4) is 0 Å². The summed E-state index contributed by atoms with van der Waals surface area (Å²) in [6.45, 7) is 0.462. The average molecular weight is 479 g/mol. The Morgan fingerprint density at radius 2 is 1.88 bits per heavy atom. The number of halogens is 3. The van der Waals surface area contributed by atoms with E-state index >= 15 is 0 Å². The van der Waals surface area contributed by atoms with Crippen LogP contribution in [0.5, 0.6) is 0 Å². The van der Waals surface area contributed by atoms with E-state index < -0.39 is 18.1 Å². The Morgan fingerprint density at radius 3 is 2.50 bits per heavy atom. The molecule has 0 fully saturated rings. The maximum Gasteiger partial charge on any atom is 0.455 e. The van der Waals surface area contributed by atoms with Crippen LogP contribution in [0.2, 0.25) is 0 Å². The lowest BCUT2D eigenvalue weighted by Crippen LogP contribution is -2.48. The number of ether oxygens (including phenoxy) is 2. The summed E-state index contributed by atoms with van der Waals surface area (Å²) >= 11 is 0. The highest BCUT2D eigenvalue weighted by Crippen LogP contribution is 2.34. The van der Waals surface area contributed by atoms with Crippen LogP contribution in [0.4, 0.5) is 23.8 Å². The molecule has 0 spiro atoms. The molecule has 0 saturated carbocycles. The third kappa shape index (κ3) is 5.83. The van der Waals surface area contributed by atoms with Crippen molar-refractivity contribution in [2.45, 2.75) is 25.5 Å². The number of carbonyl (C=O) groups is 1. The summed E-state index contributed by atoms with van der Waals surface area (Å²) in [7, 11) is 2.43. The number of rotatable bonds is 8. The molecular formula is C20H20F3N7O4. The molecule has 0 saturated heterocycles. The summed E-state index contributed by atoms with van der Waals surface area (Å²) in [5.41, 5.74) is 1.41. The van der Waals surface area contributed by atoms with Crippen molar-refractivity contribution in [1.29, 1.82) is 0 Å². The molecule has 2 heterocycles. The second-order valence-corrected chi connectivity index (χ2v) is 6.88. The van der Waals surface area contributed by atoms with Crippen molar-refractivity contribution in [2.24, 2.45) is 12.2 Å². The molecule has 14 heteroatoms. The van der Waals surface area contributed by atoms with Crippen LogP contribution in [0.1, 0.15) is 24.0 Å². The van der Waals surface area contributed by atoms with Crippen molar-refractivity contribution in [3.8, 4) is 0 Å². The number of pyridine rings is 1. The number of benzene rings is 1. The third-order valence-electron chi connectivity index (χ3n) is 4.48. The molecule has 1 amide bonds. The molecular weight excluding hydrogens is 459 g/mol. The number of oxime groups is 1. The molecule has 34 heavy (non-hydrogen) atoms. The number of aromatic nitrogens is 5. The van der Waals surface area contributed by atoms with Gasteiger partial charge in [-0.25, -0.2) is 14.5 Å². The molecule has 3 rings (SSSR count). The molecule has 11 nitrogen and oxygen atoms in total. The number of alkyl halides is 3. The molecule has 0 aliphatic heterocycles. The standard InChI is InChI=1S/C20H20F3N7O4/c1-19(32-3,20(21,22)23)34-18(31)25-15-11-7-10-14(24-15)12-33-27-16(13-8-5-4-6-9-13)17-26-28-29-30(17)2/h4-11H,12H2,1-3H3,(H,24,25,31)/b27-16-. The lowest BCUT2D eigenvalue weighted by atomic mass is 10.1. The summed E-state index contributed by atoms with van der Waals surface area (Å²) in [5.74, 6) is -2.81. The van der Waals surface area contributed by atoms with Gasteiger partial charge >= 0.3 is 18.1 Å². The van der Waals surface area contributed by atoms with E-state index in [9.17, 15) is 18.0 Å². The van der Waals surface area contributed by atoms with Gasteiger partial charge in [0.1, 0.15) is 5.82 Å². The van der Waals surface area contributed by atoms with Crippen LogP contribution in [-0.2, 0) is 28.0 Å². The fourth-order valence-electron chi connectivity index (χ4n) is 2.56. The minimum atomic E-state index is -4.94. The van der Waals surface area contributed by atoms with Gasteiger partial charge in [0.05, 0.1) is 5.69 Å². The number of amides is 1. The molecule has 0 bridgehead atoms. The minimum Gasteiger partial charge on any atom is -0.407 e. The van der Waals surface area contributed by atoms with Gasteiger partial charge in [-0.05, 0) is 22.6 Å². The van der Waals surface area contributed by atoms with Crippen LogP contribution >= 0.6 is 0 Å². The zero-order valence-corrected chi connectivity index (χ0v) is 18.3. The van der Waals surface area contributed by atoms with Crippen molar-refractivity contribution >= 4 is 17.6 Å². The number of hydrogen-bond donors (Lipinski definition) is 1. The molecule has 1 atom stereocenters. The number of tetrazole rings is 1. The molecule has 2 aromatic heterocycles. The molecule has 1 N–H and O–H groups in total. The number of hydrogen-bond acceptors (Lipinski definition) is 9. The lowest BCUT2D eigenvalue weighted by molar-refractivity contribution is -0.344. The largest absolute Gasteiger partial charge is 0.455 e. The summed E-state index contributed by atoms with van der Waals surface area (Å²) in [4.78, 5) is 21.5. The fourth-order valence-corrected chi connectivity index (χ4v) is 2.56. The highest BCUT2D eigenvalue weighted by molar-refractivity contribution is 6.10. The average Bonchev–Trinajstić information content (AvgIpc) is 3.22. The fraction of sp³-hybridized carbons (Fsp3) is 0.300. The van der Waals surface area contributed by atoms with E-state index in [2.05, 4.69) is 40.5 Å². The second-order valence-electron chi connectivity index (χ2n) is 6.88. The van der Waals surface area contributed by atoms with Crippen LogP contribution < -0.4 is 5.32 Å². The minimum absolute atomic E-state index is 0.0588. The predicted octanol–water partition coefficient (Wildman–Crippen LogP) is 3.05. The highest BCUT2D eigenvalue weighted by atomic mass is 19.4. The summed E-state index contributed by atoms with van der Waals surface area (Å²) < 4.78 is 49.2. The first-order chi connectivity index (χ1) is 16.1. The van der Waals surface area contributed by atoms with E-state index in [-0.39, 0.29) is 12.4 Å². The summed E-state index contributed by atoms with van der Waals surface area (Å²) in [6.07, 6.45) is -6.33. The Morgan fingerprint density at radius 1 is 1.15 bits per heavy atom. The van der Waals surface area contributed by atoms with Gasteiger partial charge in [-0.2, -0.15) is 13.2 Å². The van der Waals surface area contributed by atoms with Gasteiger partial charge in [0.15, 0.2) is 12.3 Å². The van der Waals surface area contributed by atoms with Crippen molar-refractivity contribution < 1.29 is 32.3 Å². The molecule has 0 aliphatic rings. The van der Waals surface area contributed by atoms with E-state index in [1.807, 2.05) is 18.2 Å². The van der Waals surface area contributed by atoms with Gasteiger partial charge in [0.25, 0.3) is 0 Å². The molecule has 0 aliphatic carbocycles. The number of anilines is 1. The van der Waals surface area contributed by atoms with Gasteiger partial charge < -0.3 is 14.3 Å². The summed E-state index contributed by atoms with van der Waals surface area (Å²) in [6, 6.07) is 13.6. The molecule has 0 radical (unpaired) electrons. The molecule has 1 aromatic carbocycles. The van der Waals surface area contributed by atoms with Gasteiger partial charge in [0.2, 0.25) is 5.82 Å². The van der Waals surface area contributed by atoms with Crippen LogP contribution in [0, 0.1) is 0 Å². The van der Waals surface area contributed by atoms with E-state index in [1.54, 1.807) is 25.2 Å². The lowest BCUT2D eigenvalue weighted by Gasteiger charge is -2.29. The van der Waals surface area contributed by atoms with Gasteiger partial charge in [-0.1, -0.05) is 41.6 Å². The van der Waals surface area contributed by atoms with Crippen LogP contribution in [-0.4, -0.2) is 56.1 Å². The Kier molecular flexibility index (Phi) is 7.40. The first-order valence-electron chi connectivity index (χ1n) is 9.69. The van der Waals surface area contributed by atoms with E-state index in [0.29, 0.717) is 29.7 Å². The number of aryl methyl sites for hydroxylation is 1. The van der Waals surface area contributed by atoms with Gasteiger partial charge in [-0.3, -0.25) is 5.32 Å². The number of nitrogens with zero attached hydrogens (tertiary/aromatic N) is 6. The van der Waals surface area contributed by atoms with Gasteiger partial charge in [0, 0.05) is 26.6 Å². The van der Waals surface area contributed by atoms with E-state index in [4.69, 9.17) is 4.84 Å². The first-order valence-corrected chi connectivity index (χ1v) is 9.69. The van der Waals surface area contributed by atoms with Crippen LogP contribution in [0.25, 0.3) is 0 Å².